The van der Waals surface area contributed by atoms with Crippen LogP contribution in [0.25, 0.3) is 0 Å². The van der Waals surface area contributed by atoms with Crippen LogP contribution in [0.4, 0.5) is 5.69 Å². The summed E-state index contributed by atoms with van der Waals surface area (Å²) in [7, 11) is 0. The molecule has 0 aliphatic carbocycles. The van der Waals surface area contributed by atoms with Crippen molar-refractivity contribution in [3.05, 3.63) is 42.4 Å². The second-order valence-electron chi connectivity index (χ2n) is 2.54. The topological polar surface area (TPSA) is 44.5 Å². The van der Waals surface area contributed by atoms with Gasteiger partial charge in [0.1, 0.15) is 12.5 Å². The van der Waals surface area contributed by atoms with Crippen LogP contribution in [0.2, 0.25) is 0 Å². The molecule has 0 aromatic heterocycles. The average molecular weight is 163 g/mol. The van der Waals surface area contributed by atoms with Gasteiger partial charge in [-0.2, -0.15) is 0 Å². The highest BCUT2D eigenvalue weighted by molar-refractivity contribution is 5.39. The van der Waals surface area contributed by atoms with Crippen LogP contribution in [0, 0.1) is 0 Å². The summed E-state index contributed by atoms with van der Waals surface area (Å²) < 4.78 is 10.3. The number of ether oxygens (including phenoxy) is 2. The third-order valence-electron chi connectivity index (χ3n) is 1.67. The van der Waals surface area contributed by atoms with E-state index in [1.54, 1.807) is 0 Å². The fourth-order valence-corrected chi connectivity index (χ4v) is 1.05. The van der Waals surface area contributed by atoms with E-state index in [0.717, 1.165) is 11.3 Å². The normalized spacial score (nSPS) is 15.7. The Bertz CT molecular complexity index is 284. The number of nitrogen functional groups attached to an aromatic ring is 1. The maximum Gasteiger partial charge on any atom is 0.266 e. The monoisotopic (exact) mass is 163 g/mol. The van der Waals surface area contributed by atoms with Gasteiger partial charge in [0.2, 0.25) is 0 Å². The first-order chi connectivity index (χ1) is 5.86. The average Bonchev–Trinajstić information content (AvgIpc) is 2.58. The molecule has 1 aromatic rings. The zero-order valence-electron chi connectivity index (χ0n) is 6.44. The summed E-state index contributed by atoms with van der Waals surface area (Å²) in [5.41, 5.74) is 7.24. The van der Waals surface area contributed by atoms with E-state index in [4.69, 9.17) is 15.2 Å². The second kappa shape index (κ2) is 2.77. The molecule has 3 nitrogen and oxygen atoms in total. The number of hydrogen-bond acceptors (Lipinski definition) is 3. The van der Waals surface area contributed by atoms with Crippen LogP contribution in [0.3, 0.4) is 0 Å². The molecule has 0 atom stereocenters. The van der Waals surface area contributed by atoms with Gasteiger partial charge in [-0.05, 0) is 24.3 Å². The fourth-order valence-electron chi connectivity index (χ4n) is 1.05. The first-order valence-electron chi connectivity index (χ1n) is 3.67. The highest BCUT2D eigenvalue weighted by Crippen LogP contribution is 2.24. The second-order valence-corrected chi connectivity index (χ2v) is 2.54. The predicted molar refractivity (Wildman–Crippen MR) is 44.9 cm³/mol. The van der Waals surface area contributed by atoms with Crippen molar-refractivity contribution in [2.45, 2.75) is 6.29 Å². The molecule has 0 spiro atoms. The summed E-state index contributed by atoms with van der Waals surface area (Å²) in [4.78, 5) is 0. The van der Waals surface area contributed by atoms with E-state index in [1.807, 2.05) is 24.3 Å². The number of rotatable bonds is 1. The lowest BCUT2D eigenvalue weighted by Gasteiger charge is -2.09. The smallest absolute Gasteiger partial charge is 0.266 e. The van der Waals surface area contributed by atoms with Gasteiger partial charge in [0.15, 0.2) is 0 Å². The van der Waals surface area contributed by atoms with Crippen molar-refractivity contribution in [2.24, 2.45) is 0 Å². The van der Waals surface area contributed by atoms with E-state index in [9.17, 15) is 0 Å². The van der Waals surface area contributed by atoms with E-state index in [0.29, 0.717) is 0 Å². The Morgan fingerprint density at radius 2 is 1.58 bits per heavy atom. The molecular weight excluding hydrogens is 154 g/mol. The molecule has 1 heterocycles. The van der Waals surface area contributed by atoms with Crippen LogP contribution in [0.1, 0.15) is 11.9 Å². The molecular formula is C9H9NO2. The van der Waals surface area contributed by atoms with Crippen molar-refractivity contribution >= 4 is 5.69 Å². The molecule has 62 valence electrons. The van der Waals surface area contributed by atoms with E-state index in [-0.39, 0.29) is 6.29 Å². The summed E-state index contributed by atoms with van der Waals surface area (Å²) >= 11 is 0. The summed E-state index contributed by atoms with van der Waals surface area (Å²) in [5, 5.41) is 0. The van der Waals surface area contributed by atoms with Crippen LogP contribution in [-0.4, -0.2) is 0 Å². The van der Waals surface area contributed by atoms with Gasteiger partial charge in [-0.25, -0.2) is 0 Å². The van der Waals surface area contributed by atoms with Gasteiger partial charge >= 0.3 is 0 Å². The van der Waals surface area contributed by atoms with Crippen LogP contribution in [-0.2, 0) is 9.47 Å². The first-order valence-corrected chi connectivity index (χ1v) is 3.67. The lowest BCUT2D eigenvalue weighted by molar-refractivity contribution is -0.0245. The van der Waals surface area contributed by atoms with Gasteiger partial charge < -0.3 is 15.2 Å². The van der Waals surface area contributed by atoms with E-state index >= 15 is 0 Å². The molecule has 0 radical (unpaired) electrons. The lowest BCUT2D eigenvalue weighted by atomic mass is 10.2. The van der Waals surface area contributed by atoms with Gasteiger partial charge in [-0.1, -0.05) is 0 Å². The van der Waals surface area contributed by atoms with Crippen molar-refractivity contribution in [2.75, 3.05) is 5.73 Å². The third-order valence-corrected chi connectivity index (χ3v) is 1.67. The Kier molecular flexibility index (Phi) is 1.63. The number of hydrogen-bond donors (Lipinski definition) is 1. The molecule has 0 bridgehead atoms. The SMILES string of the molecule is Nc1ccc(C2OC=CO2)cc1. The maximum atomic E-state index is 5.53. The molecule has 1 aromatic carbocycles. The Labute approximate surface area is 70.4 Å². The number of nitrogens with two attached hydrogens (primary N) is 1. The molecule has 0 amide bonds. The van der Waals surface area contributed by atoms with Gasteiger partial charge in [-0.15, -0.1) is 0 Å². The summed E-state index contributed by atoms with van der Waals surface area (Å²) in [6.07, 6.45) is 2.76. The van der Waals surface area contributed by atoms with Crippen molar-refractivity contribution in [1.82, 2.24) is 0 Å². The molecule has 2 rings (SSSR count). The molecule has 0 saturated carbocycles. The largest absolute Gasteiger partial charge is 0.455 e. The van der Waals surface area contributed by atoms with Crippen LogP contribution in [0.5, 0.6) is 0 Å². The zero-order chi connectivity index (χ0) is 8.39. The molecule has 3 heteroatoms. The highest BCUT2D eigenvalue weighted by atomic mass is 16.7. The van der Waals surface area contributed by atoms with Crippen LogP contribution in [0.15, 0.2) is 36.8 Å². The number of benzene rings is 1. The summed E-state index contributed by atoms with van der Waals surface area (Å²) in [5.74, 6) is 0. The van der Waals surface area contributed by atoms with E-state index in [1.165, 1.54) is 12.5 Å². The minimum absolute atomic E-state index is 0.300. The predicted octanol–water partition coefficient (Wildman–Crippen LogP) is 1.79. The highest BCUT2D eigenvalue weighted by Gasteiger charge is 2.14. The summed E-state index contributed by atoms with van der Waals surface area (Å²) in [6, 6.07) is 7.40. The quantitative estimate of drug-likeness (QED) is 0.642. The molecule has 2 N–H and O–H groups in total. The Morgan fingerprint density at radius 3 is 2.17 bits per heavy atom. The Morgan fingerprint density at radius 1 is 1.00 bits per heavy atom. The molecule has 1 aliphatic heterocycles. The molecule has 12 heavy (non-hydrogen) atoms. The molecule has 0 saturated heterocycles. The Hall–Kier alpha value is -1.64. The van der Waals surface area contributed by atoms with E-state index in [2.05, 4.69) is 0 Å². The third kappa shape index (κ3) is 1.21. The molecule has 1 aliphatic rings. The van der Waals surface area contributed by atoms with Crippen molar-refractivity contribution in [3.63, 3.8) is 0 Å². The van der Waals surface area contributed by atoms with Gasteiger partial charge in [0.25, 0.3) is 6.29 Å². The minimum Gasteiger partial charge on any atom is -0.455 e. The summed E-state index contributed by atoms with van der Waals surface area (Å²) in [6.45, 7) is 0. The molecule has 0 unspecified atom stereocenters. The lowest BCUT2D eigenvalue weighted by Crippen LogP contribution is -1.97. The van der Waals surface area contributed by atoms with Crippen LogP contribution < -0.4 is 5.73 Å². The van der Waals surface area contributed by atoms with E-state index < -0.39 is 0 Å². The van der Waals surface area contributed by atoms with Gasteiger partial charge in [-0.3, -0.25) is 0 Å². The molecule has 0 fully saturated rings. The van der Waals surface area contributed by atoms with Crippen LogP contribution >= 0.6 is 0 Å². The minimum atomic E-state index is -0.300. The standard InChI is InChI=1S/C9H9NO2/c10-8-3-1-7(2-4-8)9-11-5-6-12-9/h1-6,9H,10H2. The first kappa shape index (κ1) is 7.03. The fraction of sp³-hybridized carbons (Fsp3) is 0.111. The van der Waals surface area contributed by atoms with Gasteiger partial charge in [0, 0.05) is 11.3 Å². The van der Waals surface area contributed by atoms with Crippen molar-refractivity contribution in [3.8, 4) is 0 Å². The van der Waals surface area contributed by atoms with Gasteiger partial charge in [0.05, 0.1) is 0 Å². The maximum absolute atomic E-state index is 5.53. The number of anilines is 1. The van der Waals surface area contributed by atoms with Crippen molar-refractivity contribution in [1.29, 1.82) is 0 Å². The van der Waals surface area contributed by atoms with Crippen molar-refractivity contribution < 1.29 is 9.47 Å². The zero-order valence-corrected chi connectivity index (χ0v) is 6.44. The Balaban J connectivity index is 2.18.